The van der Waals surface area contributed by atoms with Gasteiger partial charge in [-0.1, -0.05) is 83.9 Å². The molecule has 0 saturated carbocycles. The summed E-state index contributed by atoms with van der Waals surface area (Å²) in [5.74, 6) is -12.8. The number of rotatable bonds is 12. The van der Waals surface area contributed by atoms with E-state index in [1.165, 1.54) is 53.4 Å². The molecule has 1 atom stereocenters. The Labute approximate surface area is 293 Å². The van der Waals surface area contributed by atoms with Crippen LogP contribution in [-0.4, -0.2) is 27.3 Å². The molecule has 0 heterocycles. The highest BCUT2D eigenvalue weighted by atomic mass is 35.5. The lowest BCUT2D eigenvalue weighted by Crippen LogP contribution is -2.43. The molecule has 0 aromatic heterocycles. The monoisotopic (exact) mass is 726 g/mol. The number of amides is 1. The van der Waals surface area contributed by atoms with E-state index in [1.54, 1.807) is 24.3 Å². The van der Waals surface area contributed by atoms with Crippen LogP contribution in [-0.2, 0) is 40.6 Å². The van der Waals surface area contributed by atoms with Crippen molar-refractivity contribution >= 4 is 40.5 Å². The fourth-order valence-electron chi connectivity index (χ4n) is 4.85. The molecular weight excluding hydrogens is 699 g/mol. The second-order valence-corrected chi connectivity index (χ2v) is 13.0. The maximum atomic E-state index is 14.8. The number of ether oxygens (including phenoxy) is 1. The predicted octanol–water partition coefficient (Wildman–Crippen LogP) is 8.46. The third kappa shape index (κ3) is 8.69. The van der Waals surface area contributed by atoms with E-state index in [0.717, 1.165) is 15.4 Å². The Morgan fingerprint density at radius 1 is 0.700 bits per heavy atom. The number of benzene rings is 5. The van der Waals surface area contributed by atoms with Gasteiger partial charge >= 0.3 is 5.97 Å². The van der Waals surface area contributed by atoms with Gasteiger partial charge in [0.05, 0.1) is 30.0 Å². The van der Waals surface area contributed by atoms with Crippen molar-refractivity contribution in [2.45, 2.75) is 31.5 Å². The lowest BCUT2D eigenvalue weighted by molar-refractivity contribution is -0.119. The Bertz CT molecular complexity index is 1940. The fourth-order valence-corrected chi connectivity index (χ4v) is 6.22. The number of carbonyl (C=O) groups excluding carboxylic acids is 2. The minimum atomic E-state index is -3.06. The Balaban J connectivity index is 1.46. The van der Waals surface area contributed by atoms with Crippen molar-refractivity contribution in [3.8, 4) is 0 Å². The van der Waals surface area contributed by atoms with E-state index >= 15 is 0 Å². The fraction of sp³-hybridized carbons (Fsp3) is 0.135. The molecule has 6 nitrogen and oxygen atoms in total. The van der Waals surface area contributed by atoms with Gasteiger partial charge in [-0.2, -0.15) is 8.78 Å². The van der Waals surface area contributed by atoms with Crippen molar-refractivity contribution in [3.05, 3.63) is 165 Å². The van der Waals surface area contributed by atoms with Gasteiger partial charge in [-0.25, -0.2) is 18.0 Å². The van der Waals surface area contributed by atoms with Crippen molar-refractivity contribution in [2.24, 2.45) is 0 Å². The highest BCUT2D eigenvalue weighted by Crippen LogP contribution is 2.30. The van der Waals surface area contributed by atoms with Crippen LogP contribution < -0.4 is 4.90 Å². The molecule has 13 heteroatoms. The lowest BCUT2D eigenvalue weighted by Gasteiger charge is -2.28. The van der Waals surface area contributed by atoms with Crippen LogP contribution in [0.15, 0.2) is 108 Å². The molecule has 1 unspecified atom stereocenters. The van der Waals surface area contributed by atoms with Gasteiger partial charge in [-0.05, 0) is 60.0 Å². The number of anilines is 1. The summed E-state index contributed by atoms with van der Waals surface area (Å²) in [4.78, 5) is 26.5. The second-order valence-electron chi connectivity index (χ2n) is 11.1. The summed E-state index contributed by atoms with van der Waals surface area (Å²) in [7, 11) is 0. The van der Waals surface area contributed by atoms with Gasteiger partial charge in [0.2, 0.25) is 35.0 Å². The standard InChI is InChI=1S/C37H28ClF5N2O4S/c1-23-7-9-25(10-8-23)20-45(29-17-13-27(14-18-29)37(47)49-22-26-5-3-2-4-6-26)30(46)21-44(19-24-11-15-28(38)16-12-24)50(48)36-34(42)32(40)31(39)33(41)35(36)43/h2-18H,19-22H2,1H3. The summed E-state index contributed by atoms with van der Waals surface area (Å²) >= 11 is 2.92. The van der Waals surface area contributed by atoms with E-state index in [1.807, 2.05) is 37.3 Å². The molecule has 0 aliphatic rings. The average molecular weight is 727 g/mol. The molecule has 5 rings (SSSR count). The molecule has 0 aliphatic carbocycles. The average Bonchev–Trinajstić information content (AvgIpc) is 3.13. The molecule has 5 aromatic rings. The van der Waals surface area contributed by atoms with Crippen LogP contribution in [0.25, 0.3) is 0 Å². The molecule has 0 radical (unpaired) electrons. The quantitative estimate of drug-likeness (QED) is 0.0424. The Morgan fingerprint density at radius 2 is 1.24 bits per heavy atom. The van der Waals surface area contributed by atoms with Gasteiger partial charge in [0.1, 0.15) is 13.2 Å². The molecule has 0 spiro atoms. The van der Waals surface area contributed by atoms with Crippen molar-refractivity contribution in [3.63, 3.8) is 0 Å². The van der Waals surface area contributed by atoms with Crippen LogP contribution in [0, 0.1) is 36.0 Å². The van der Waals surface area contributed by atoms with Gasteiger partial charge in [-0.15, -0.1) is 4.31 Å². The molecule has 0 aliphatic heterocycles. The van der Waals surface area contributed by atoms with Gasteiger partial charge in [0, 0.05) is 10.7 Å². The summed E-state index contributed by atoms with van der Waals surface area (Å²) in [5.41, 5.74) is 3.30. The number of nitrogens with zero attached hydrogens (tertiary/aromatic N) is 2. The number of hydrogen-bond donors (Lipinski definition) is 0. The molecule has 0 fully saturated rings. The number of carbonyl (C=O) groups is 2. The lowest BCUT2D eigenvalue weighted by atomic mass is 10.1. The molecule has 50 heavy (non-hydrogen) atoms. The first-order chi connectivity index (χ1) is 23.9. The molecule has 258 valence electrons. The highest BCUT2D eigenvalue weighted by molar-refractivity contribution is 7.89. The number of halogens is 6. The summed E-state index contributed by atoms with van der Waals surface area (Å²) in [5, 5.41) is 0.342. The number of esters is 1. The Hall–Kier alpha value is -4.75. The molecule has 5 aromatic carbocycles. The second kappa shape index (κ2) is 16.3. The molecule has 0 saturated heterocycles. The summed E-state index contributed by atoms with van der Waals surface area (Å²) in [6.07, 6.45) is 0. The molecule has 1 amide bonds. The van der Waals surface area contributed by atoms with Crippen molar-refractivity contribution in [2.75, 3.05) is 11.4 Å². The smallest absolute Gasteiger partial charge is 0.338 e. The Morgan fingerprint density at radius 3 is 1.84 bits per heavy atom. The molecule has 0 N–H and O–H groups in total. The van der Waals surface area contributed by atoms with Gasteiger partial charge < -0.3 is 14.2 Å². The first-order valence-corrected chi connectivity index (χ1v) is 16.5. The van der Waals surface area contributed by atoms with Crippen molar-refractivity contribution in [1.82, 2.24) is 4.31 Å². The van der Waals surface area contributed by atoms with E-state index < -0.39 is 70.3 Å². The van der Waals surface area contributed by atoms with Gasteiger partial charge in [0.15, 0.2) is 0 Å². The van der Waals surface area contributed by atoms with E-state index in [4.69, 9.17) is 16.3 Å². The maximum absolute atomic E-state index is 14.8. The third-order valence-electron chi connectivity index (χ3n) is 7.55. The topological polar surface area (TPSA) is 72.9 Å². The Kier molecular flexibility index (Phi) is 11.9. The molecule has 0 bridgehead atoms. The van der Waals surface area contributed by atoms with Crippen molar-refractivity contribution in [1.29, 1.82) is 0 Å². The first-order valence-electron chi connectivity index (χ1n) is 15.0. The largest absolute Gasteiger partial charge is 0.593 e. The zero-order valence-corrected chi connectivity index (χ0v) is 27.9. The van der Waals surface area contributed by atoms with Gasteiger partial charge in [-0.3, -0.25) is 4.79 Å². The minimum absolute atomic E-state index is 0.0269. The zero-order valence-electron chi connectivity index (χ0n) is 26.3. The third-order valence-corrected chi connectivity index (χ3v) is 9.24. The summed E-state index contributed by atoms with van der Waals surface area (Å²) in [6.45, 7) is 0.705. The van der Waals surface area contributed by atoms with Crippen LogP contribution in [0.5, 0.6) is 0 Å². The van der Waals surface area contributed by atoms with E-state index in [0.29, 0.717) is 21.8 Å². The van der Waals surface area contributed by atoms with Crippen LogP contribution in [0.1, 0.15) is 32.6 Å². The maximum Gasteiger partial charge on any atom is 0.338 e. The first kappa shape index (κ1) is 36.5. The van der Waals surface area contributed by atoms with Gasteiger partial charge in [0.25, 0.3) is 4.90 Å². The minimum Gasteiger partial charge on any atom is -0.593 e. The summed E-state index contributed by atoms with van der Waals surface area (Å²) in [6, 6.07) is 28.1. The van der Waals surface area contributed by atoms with Crippen LogP contribution in [0.4, 0.5) is 27.6 Å². The molecular formula is C37H28ClF5N2O4S. The number of hydrogen-bond acceptors (Lipinski definition) is 5. The normalized spacial score (nSPS) is 11.8. The van der Waals surface area contributed by atoms with E-state index in [9.17, 15) is 36.1 Å². The van der Waals surface area contributed by atoms with Crippen LogP contribution in [0.2, 0.25) is 5.02 Å². The van der Waals surface area contributed by atoms with E-state index in [2.05, 4.69) is 0 Å². The highest BCUT2D eigenvalue weighted by Gasteiger charge is 2.38. The zero-order chi connectivity index (χ0) is 35.9. The SMILES string of the molecule is Cc1ccc(CN(C(=O)CN(Cc2ccc(Cl)cc2)[S+]([O-])c2c(F)c(F)c(F)c(F)c2F)c2ccc(C(=O)OCc3ccccc3)cc2)cc1. The number of aryl methyl sites for hydroxylation is 1. The van der Waals surface area contributed by atoms with Crippen LogP contribution in [0.3, 0.4) is 0 Å². The van der Waals surface area contributed by atoms with Crippen molar-refractivity contribution < 1.29 is 40.8 Å². The predicted molar refractivity (Wildman–Crippen MR) is 179 cm³/mol. The summed E-state index contributed by atoms with van der Waals surface area (Å²) < 4.78 is 91.8. The van der Waals surface area contributed by atoms with E-state index in [-0.39, 0.29) is 18.7 Å². The van der Waals surface area contributed by atoms with Crippen LogP contribution >= 0.6 is 11.6 Å².